The van der Waals surface area contributed by atoms with Crippen LogP contribution < -0.4 is 0 Å². The van der Waals surface area contributed by atoms with Crippen molar-refractivity contribution in [1.29, 1.82) is 0 Å². The number of hydrogen-bond donors (Lipinski definition) is 1. The van der Waals surface area contributed by atoms with Crippen molar-refractivity contribution in [3.8, 4) is 0 Å². The Morgan fingerprint density at radius 3 is 0.974 bits per heavy atom. The van der Waals surface area contributed by atoms with E-state index in [1.54, 1.807) is 0 Å². The van der Waals surface area contributed by atoms with Crippen molar-refractivity contribution in [3.05, 3.63) is 41.4 Å². The summed E-state index contributed by atoms with van der Waals surface area (Å²) in [5, 5.41) is 13.6. The van der Waals surface area contributed by atoms with Crippen LogP contribution >= 0.6 is 0 Å². The molecule has 3 heteroatoms. The zero-order valence-electron chi connectivity index (χ0n) is 25.1. The standard InChI is InChI=1S/C35H63NO2/c37-35(36-38)33-31-29-27-25-23-21-19-17-15-13-11-9-7-5-3-1-2-4-6-8-10-12-14-16-18-20-22-24-26-28-30-32-34-35/h9,11,15-18,37H,1-8,10,12-14,19-34H2. The van der Waals surface area contributed by atoms with E-state index in [-0.39, 0.29) is 0 Å². The molecule has 0 aromatic heterocycles. The van der Waals surface area contributed by atoms with Gasteiger partial charge in [-0.3, -0.25) is 0 Å². The largest absolute Gasteiger partial charge is 0.366 e. The van der Waals surface area contributed by atoms with Crippen LogP contribution in [0.3, 0.4) is 0 Å². The Labute approximate surface area is 237 Å². The van der Waals surface area contributed by atoms with Crippen LogP contribution in [0.4, 0.5) is 0 Å². The highest BCUT2D eigenvalue weighted by Crippen LogP contribution is 2.24. The van der Waals surface area contributed by atoms with Gasteiger partial charge >= 0.3 is 0 Å². The van der Waals surface area contributed by atoms with Crippen LogP contribution in [0, 0.1) is 4.91 Å². The molecule has 0 aliphatic heterocycles. The van der Waals surface area contributed by atoms with Crippen LogP contribution in [-0.4, -0.2) is 10.8 Å². The molecule has 0 radical (unpaired) electrons. The maximum atomic E-state index is 11.3. The average molecular weight is 530 g/mol. The minimum atomic E-state index is -1.33. The van der Waals surface area contributed by atoms with Crippen molar-refractivity contribution in [3.63, 3.8) is 0 Å². The number of hydrogen-bond acceptors (Lipinski definition) is 3. The summed E-state index contributed by atoms with van der Waals surface area (Å²) >= 11 is 0. The Kier molecular flexibility index (Phi) is 25.1. The van der Waals surface area contributed by atoms with Crippen LogP contribution in [0.2, 0.25) is 0 Å². The lowest BCUT2D eigenvalue weighted by Gasteiger charge is -2.19. The summed E-state index contributed by atoms with van der Waals surface area (Å²) in [6.07, 6.45) is 47.7. The van der Waals surface area contributed by atoms with Crippen molar-refractivity contribution < 1.29 is 5.11 Å². The van der Waals surface area contributed by atoms with Crippen LogP contribution in [0.1, 0.15) is 180 Å². The molecule has 0 aromatic carbocycles. The van der Waals surface area contributed by atoms with E-state index in [0.29, 0.717) is 12.8 Å². The van der Waals surface area contributed by atoms with E-state index in [0.717, 1.165) is 32.1 Å². The monoisotopic (exact) mass is 529 g/mol. The molecule has 3 nitrogen and oxygen atoms in total. The highest BCUT2D eigenvalue weighted by atomic mass is 16.4. The molecule has 1 aliphatic carbocycles. The van der Waals surface area contributed by atoms with Gasteiger partial charge in [0.15, 0.2) is 5.72 Å². The predicted octanol–water partition coefficient (Wildman–Crippen LogP) is 12.0. The van der Waals surface area contributed by atoms with Crippen molar-refractivity contribution in [1.82, 2.24) is 0 Å². The van der Waals surface area contributed by atoms with Gasteiger partial charge in [-0.15, -0.1) is 4.91 Å². The number of nitroso groups, excluding NO2 is 1. The first-order valence-electron chi connectivity index (χ1n) is 16.8. The van der Waals surface area contributed by atoms with E-state index in [2.05, 4.69) is 41.6 Å². The van der Waals surface area contributed by atoms with Crippen LogP contribution in [-0.2, 0) is 0 Å². The van der Waals surface area contributed by atoms with Crippen molar-refractivity contribution in [2.45, 2.75) is 186 Å². The van der Waals surface area contributed by atoms with Gasteiger partial charge < -0.3 is 5.11 Å². The quantitative estimate of drug-likeness (QED) is 0.271. The van der Waals surface area contributed by atoms with E-state index in [1.165, 1.54) is 135 Å². The molecular formula is C35H63NO2. The number of nitrogens with zero attached hydrogens (tertiary/aromatic N) is 1. The summed E-state index contributed by atoms with van der Waals surface area (Å²) in [4.78, 5) is 11.3. The Morgan fingerprint density at radius 1 is 0.395 bits per heavy atom. The summed E-state index contributed by atoms with van der Waals surface area (Å²) in [6, 6.07) is 0. The highest BCUT2D eigenvalue weighted by Gasteiger charge is 2.26. The minimum Gasteiger partial charge on any atom is -0.366 e. The molecule has 0 spiro atoms. The lowest BCUT2D eigenvalue weighted by molar-refractivity contribution is 0.0249. The van der Waals surface area contributed by atoms with E-state index in [9.17, 15) is 10.0 Å². The number of allylic oxidation sites excluding steroid dienone is 6. The van der Waals surface area contributed by atoms with Crippen molar-refractivity contribution >= 4 is 0 Å². The predicted molar refractivity (Wildman–Crippen MR) is 167 cm³/mol. The Morgan fingerprint density at radius 2 is 0.658 bits per heavy atom. The minimum absolute atomic E-state index is 0.527. The molecule has 0 amide bonds. The summed E-state index contributed by atoms with van der Waals surface area (Å²) in [5.41, 5.74) is -1.33. The van der Waals surface area contributed by atoms with Crippen LogP contribution in [0.5, 0.6) is 0 Å². The molecule has 0 saturated heterocycles. The van der Waals surface area contributed by atoms with Gasteiger partial charge in [0.05, 0.1) is 0 Å². The molecule has 38 heavy (non-hydrogen) atoms. The molecule has 1 rings (SSSR count). The lowest BCUT2D eigenvalue weighted by Crippen LogP contribution is -2.25. The fraction of sp³-hybridized carbons (Fsp3) is 0.829. The van der Waals surface area contributed by atoms with E-state index in [4.69, 9.17) is 0 Å². The fourth-order valence-electron chi connectivity index (χ4n) is 5.48. The van der Waals surface area contributed by atoms with Gasteiger partial charge in [0.2, 0.25) is 0 Å². The summed E-state index contributed by atoms with van der Waals surface area (Å²) in [5.74, 6) is 0. The second kappa shape index (κ2) is 27.4. The molecule has 0 saturated carbocycles. The summed E-state index contributed by atoms with van der Waals surface area (Å²) in [6.45, 7) is 0. The molecule has 1 unspecified atom stereocenters. The van der Waals surface area contributed by atoms with Crippen molar-refractivity contribution in [2.75, 3.05) is 0 Å². The second-order valence-electron chi connectivity index (χ2n) is 11.8. The van der Waals surface area contributed by atoms with Gasteiger partial charge in [-0.25, -0.2) is 0 Å². The van der Waals surface area contributed by atoms with Gasteiger partial charge in [-0.05, 0) is 75.8 Å². The Hall–Kier alpha value is -1.22. The molecule has 1 N–H and O–H groups in total. The molecule has 0 heterocycles. The van der Waals surface area contributed by atoms with Gasteiger partial charge in [0.25, 0.3) is 0 Å². The Balaban J connectivity index is 2.25. The average Bonchev–Trinajstić information content (AvgIpc) is 2.92. The van der Waals surface area contributed by atoms with Crippen molar-refractivity contribution in [2.24, 2.45) is 5.18 Å². The molecular weight excluding hydrogens is 466 g/mol. The molecule has 1 aliphatic rings. The van der Waals surface area contributed by atoms with E-state index >= 15 is 0 Å². The number of rotatable bonds is 1. The first-order valence-corrected chi connectivity index (χ1v) is 16.8. The molecule has 0 aromatic rings. The lowest BCUT2D eigenvalue weighted by atomic mass is 9.97. The molecule has 0 fully saturated rings. The molecule has 1 atom stereocenters. The Bertz CT molecular complexity index is 597. The second-order valence-corrected chi connectivity index (χ2v) is 11.8. The van der Waals surface area contributed by atoms with Gasteiger partial charge in [-0.1, -0.05) is 133 Å². The van der Waals surface area contributed by atoms with Gasteiger partial charge in [-0.2, -0.15) is 0 Å². The van der Waals surface area contributed by atoms with Crippen LogP contribution in [0.15, 0.2) is 41.6 Å². The molecule has 220 valence electrons. The first-order chi connectivity index (χ1) is 18.8. The summed E-state index contributed by atoms with van der Waals surface area (Å²) < 4.78 is 0. The van der Waals surface area contributed by atoms with Gasteiger partial charge in [0, 0.05) is 12.8 Å². The smallest absolute Gasteiger partial charge is 0.197 e. The maximum Gasteiger partial charge on any atom is 0.197 e. The van der Waals surface area contributed by atoms with Crippen LogP contribution in [0.25, 0.3) is 0 Å². The van der Waals surface area contributed by atoms with E-state index < -0.39 is 5.72 Å². The molecule has 0 bridgehead atoms. The SMILES string of the molecule is O=NC1(O)CCCCCCCCC=CCC=CCCCCCCCCCCCC=CCCCCCCCC1. The third kappa shape index (κ3) is 23.9. The fourth-order valence-corrected chi connectivity index (χ4v) is 5.48. The zero-order chi connectivity index (χ0) is 27.2. The first kappa shape index (κ1) is 34.8. The third-order valence-corrected chi connectivity index (χ3v) is 8.08. The normalized spacial score (nSPS) is 25.6. The topological polar surface area (TPSA) is 49.7 Å². The summed E-state index contributed by atoms with van der Waals surface area (Å²) in [7, 11) is 0. The number of aliphatic hydroxyl groups is 1. The maximum absolute atomic E-state index is 11.3. The van der Waals surface area contributed by atoms with Gasteiger partial charge in [0.1, 0.15) is 0 Å². The zero-order valence-corrected chi connectivity index (χ0v) is 25.1. The third-order valence-electron chi connectivity index (χ3n) is 8.08. The highest BCUT2D eigenvalue weighted by molar-refractivity contribution is 4.92. The van der Waals surface area contributed by atoms with E-state index in [1.807, 2.05) is 0 Å².